The fourth-order valence-electron chi connectivity index (χ4n) is 5.94. The molecule has 2 unspecified atom stereocenters. The molecule has 10 nitrogen and oxygen atoms in total. The number of carbonyl (C=O) groups is 2. The molecule has 0 aromatic heterocycles. The van der Waals surface area contributed by atoms with E-state index < -0.39 is 55.4 Å². The number of carbonyl (C=O) groups excluding carboxylic acids is 2. The van der Waals surface area contributed by atoms with Crippen LogP contribution in [0.1, 0.15) is 155 Å². The number of unbranched alkanes of at least 4 members (excludes halogenated alkanes) is 13. The summed E-state index contributed by atoms with van der Waals surface area (Å²) in [5.41, 5.74) is 0. The Labute approximate surface area is 332 Å². The summed E-state index contributed by atoms with van der Waals surface area (Å²) in [7, 11) is 0. The summed E-state index contributed by atoms with van der Waals surface area (Å²) in [4.78, 5) is 25.2. The van der Waals surface area contributed by atoms with Gasteiger partial charge >= 0.3 is 11.9 Å². The van der Waals surface area contributed by atoms with Gasteiger partial charge in [-0.25, -0.2) is 0 Å². The molecule has 1 aliphatic rings. The summed E-state index contributed by atoms with van der Waals surface area (Å²) < 4.78 is 22.0. The van der Waals surface area contributed by atoms with Crippen molar-refractivity contribution in [2.45, 2.75) is 192 Å². The standard InChI is InChI=1S/C45H76O10/c1-3-5-7-9-11-13-15-17-18-19-20-22-24-26-28-30-32-34-41(48)54-38(37-53-45-44(51)43(50)42(49)39(35-46)55-45)36-52-40(47)33-31-29-27-25-23-21-16-14-12-10-8-6-4-2/h11,13,17-18,20-23,26,28,38-39,42-46,49-51H,3-10,12,14-16,19,24-25,27,29-37H2,1-2H3/b13-11+,18-17+,22-20+,23-21+,28-26+/t38-,39-,42+,43?,44?,45-/m1/s1. The van der Waals surface area contributed by atoms with Crippen LogP contribution in [0.3, 0.4) is 0 Å². The smallest absolute Gasteiger partial charge is 0.306 e. The minimum Gasteiger partial charge on any atom is -0.462 e. The van der Waals surface area contributed by atoms with Crippen molar-refractivity contribution < 1.29 is 49.0 Å². The number of allylic oxidation sites excluding steroid dienone is 10. The highest BCUT2D eigenvalue weighted by Gasteiger charge is 2.44. The van der Waals surface area contributed by atoms with Crippen LogP contribution < -0.4 is 0 Å². The fraction of sp³-hybridized carbons (Fsp3) is 0.733. The van der Waals surface area contributed by atoms with E-state index in [1.807, 2.05) is 6.08 Å². The topological polar surface area (TPSA) is 152 Å². The number of hydrogen-bond acceptors (Lipinski definition) is 10. The molecule has 0 aliphatic carbocycles. The SMILES string of the molecule is CCCCC/C=C/C/C=C/C/C=C/C/C=C/CCCC(=O)O[C@H](COC(=O)CCCCC/C=C/CCCCCCCC)CO[C@@H]1O[C@H](CO)[C@H](O)C(O)C1O. The molecule has 316 valence electrons. The molecule has 1 rings (SSSR count). The monoisotopic (exact) mass is 777 g/mol. The van der Waals surface area contributed by atoms with Gasteiger partial charge in [-0.15, -0.1) is 0 Å². The molecule has 0 saturated carbocycles. The van der Waals surface area contributed by atoms with Gasteiger partial charge in [-0.2, -0.15) is 0 Å². The van der Waals surface area contributed by atoms with Crippen molar-refractivity contribution in [2.75, 3.05) is 19.8 Å². The molecule has 1 fully saturated rings. The summed E-state index contributed by atoms with van der Waals surface area (Å²) in [5.74, 6) is -0.896. The Morgan fingerprint density at radius 1 is 0.564 bits per heavy atom. The van der Waals surface area contributed by atoms with E-state index in [4.69, 9.17) is 18.9 Å². The number of ether oxygens (including phenoxy) is 4. The van der Waals surface area contributed by atoms with Gasteiger partial charge in [-0.1, -0.05) is 126 Å². The summed E-state index contributed by atoms with van der Waals surface area (Å²) >= 11 is 0. The molecule has 0 aromatic rings. The molecule has 10 heteroatoms. The van der Waals surface area contributed by atoms with Crippen LogP contribution in [0, 0.1) is 0 Å². The molecule has 0 radical (unpaired) electrons. The maximum atomic E-state index is 12.7. The highest BCUT2D eigenvalue weighted by Crippen LogP contribution is 2.22. The first-order chi connectivity index (χ1) is 26.8. The van der Waals surface area contributed by atoms with Crippen LogP contribution in [0.5, 0.6) is 0 Å². The summed E-state index contributed by atoms with van der Waals surface area (Å²) in [5, 5.41) is 40.0. The quantitative estimate of drug-likeness (QED) is 0.0284. The number of aliphatic hydroxyl groups excluding tert-OH is 4. The van der Waals surface area contributed by atoms with Gasteiger partial charge in [0.2, 0.25) is 0 Å². The molecule has 4 N–H and O–H groups in total. The van der Waals surface area contributed by atoms with Gasteiger partial charge in [0.25, 0.3) is 0 Å². The molecule has 6 atom stereocenters. The van der Waals surface area contributed by atoms with Crippen LogP contribution >= 0.6 is 0 Å². The van der Waals surface area contributed by atoms with E-state index in [9.17, 15) is 30.0 Å². The highest BCUT2D eigenvalue weighted by molar-refractivity contribution is 5.70. The van der Waals surface area contributed by atoms with Crippen LogP contribution in [-0.2, 0) is 28.5 Å². The van der Waals surface area contributed by atoms with Gasteiger partial charge < -0.3 is 39.4 Å². The normalized spacial score (nSPS) is 21.2. The highest BCUT2D eigenvalue weighted by atomic mass is 16.7. The van der Waals surface area contributed by atoms with Crippen LogP contribution in [-0.4, -0.2) is 89.0 Å². The van der Waals surface area contributed by atoms with Crippen molar-refractivity contribution in [3.63, 3.8) is 0 Å². The van der Waals surface area contributed by atoms with E-state index in [1.54, 1.807) is 0 Å². The Morgan fingerprint density at radius 2 is 1.04 bits per heavy atom. The zero-order valence-electron chi connectivity index (χ0n) is 34.2. The molecule has 0 aromatic carbocycles. The van der Waals surface area contributed by atoms with Gasteiger partial charge in [0.1, 0.15) is 31.0 Å². The zero-order chi connectivity index (χ0) is 40.2. The number of aliphatic hydroxyl groups is 4. The van der Waals surface area contributed by atoms with Gasteiger partial charge in [-0.05, 0) is 77.0 Å². The maximum absolute atomic E-state index is 12.7. The third kappa shape index (κ3) is 27.6. The summed E-state index contributed by atoms with van der Waals surface area (Å²) in [6.07, 6.45) is 35.2. The van der Waals surface area contributed by atoms with Gasteiger partial charge in [0.15, 0.2) is 12.4 Å². The third-order valence-electron chi connectivity index (χ3n) is 9.38. The first-order valence-electron chi connectivity index (χ1n) is 21.4. The van der Waals surface area contributed by atoms with E-state index in [0.717, 1.165) is 51.4 Å². The van der Waals surface area contributed by atoms with E-state index in [0.29, 0.717) is 19.3 Å². The molecule has 55 heavy (non-hydrogen) atoms. The Hall–Kier alpha value is -2.60. The first kappa shape index (κ1) is 50.4. The van der Waals surface area contributed by atoms with E-state index >= 15 is 0 Å². The second-order valence-corrected chi connectivity index (χ2v) is 14.4. The number of esters is 2. The molecule has 1 heterocycles. The lowest BCUT2D eigenvalue weighted by atomic mass is 9.99. The lowest BCUT2D eigenvalue weighted by molar-refractivity contribution is -0.305. The molecule has 0 spiro atoms. The fourth-order valence-corrected chi connectivity index (χ4v) is 5.94. The molecular weight excluding hydrogens is 700 g/mol. The Kier molecular flexibility index (Phi) is 32.8. The zero-order valence-corrected chi connectivity index (χ0v) is 34.2. The minimum atomic E-state index is -1.61. The molecule has 0 bridgehead atoms. The predicted molar refractivity (Wildman–Crippen MR) is 219 cm³/mol. The minimum absolute atomic E-state index is 0.149. The molecule has 1 saturated heterocycles. The first-order valence-corrected chi connectivity index (χ1v) is 21.4. The van der Waals surface area contributed by atoms with Crippen molar-refractivity contribution in [2.24, 2.45) is 0 Å². The van der Waals surface area contributed by atoms with Gasteiger partial charge in [0.05, 0.1) is 13.2 Å². The van der Waals surface area contributed by atoms with Gasteiger partial charge in [-0.3, -0.25) is 9.59 Å². The maximum Gasteiger partial charge on any atom is 0.306 e. The molecular formula is C45H76O10. The summed E-state index contributed by atoms with van der Waals surface area (Å²) in [6, 6.07) is 0. The van der Waals surface area contributed by atoms with E-state index in [-0.39, 0.29) is 26.1 Å². The second-order valence-electron chi connectivity index (χ2n) is 14.4. The average Bonchev–Trinajstić information content (AvgIpc) is 3.18. The van der Waals surface area contributed by atoms with Crippen molar-refractivity contribution >= 4 is 11.9 Å². The molecule has 1 aliphatic heterocycles. The number of rotatable bonds is 34. The predicted octanol–water partition coefficient (Wildman–Crippen LogP) is 8.66. The lowest BCUT2D eigenvalue weighted by Crippen LogP contribution is -2.59. The van der Waals surface area contributed by atoms with Crippen LogP contribution in [0.15, 0.2) is 60.8 Å². The second kappa shape index (κ2) is 35.8. The summed E-state index contributed by atoms with van der Waals surface area (Å²) in [6.45, 7) is 3.30. The number of hydrogen-bond donors (Lipinski definition) is 4. The third-order valence-corrected chi connectivity index (χ3v) is 9.38. The van der Waals surface area contributed by atoms with Crippen molar-refractivity contribution in [1.82, 2.24) is 0 Å². The van der Waals surface area contributed by atoms with Crippen molar-refractivity contribution in [3.8, 4) is 0 Å². The van der Waals surface area contributed by atoms with Crippen molar-refractivity contribution in [3.05, 3.63) is 60.8 Å². The largest absolute Gasteiger partial charge is 0.462 e. The van der Waals surface area contributed by atoms with Gasteiger partial charge in [0, 0.05) is 12.8 Å². The van der Waals surface area contributed by atoms with Crippen LogP contribution in [0.25, 0.3) is 0 Å². The van der Waals surface area contributed by atoms with E-state index in [1.165, 1.54) is 57.8 Å². The van der Waals surface area contributed by atoms with E-state index in [2.05, 4.69) is 68.5 Å². The van der Waals surface area contributed by atoms with Crippen molar-refractivity contribution in [1.29, 1.82) is 0 Å². The Bertz CT molecular complexity index is 1080. The average molecular weight is 777 g/mol. The lowest BCUT2D eigenvalue weighted by Gasteiger charge is -2.39. The van der Waals surface area contributed by atoms with Crippen LogP contribution in [0.4, 0.5) is 0 Å². The van der Waals surface area contributed by atoms with Crippen LogP contribution in [0.2, 0.25) is 0 Å². The Morgan fingerprint density at radius 3 is 1.64 bits per heavy atom. The molecule has 0 amide bonds. The Balaban J connectivity index is 2.42.